The summed E-state index contributed by atoms with van der Waals surface area (Å²) in [4.78, 5) is 46.4. The number of ether oxygens (including phenoxy) is 8. The average molecular weight is 1690 g/mol. The van der Waals surface area contributed by atoms with E-state index in [1.807, 2.05) is 24.3 Å². The highest BCUT2D eigenvalue weighted by molar-refractivity contribution is 9.10. The van der Waals surface area contributed by atoms with Crippen LogP contribution in [-0.2, 0) is 31.8 Å². The third kappa shape index (κ3) is 21.9. The molecule has 33 heteroatoms. The molecule has 3 atom stereocenters. The van der Waals surface area contributed by atoms with E-state index >= 15 is 4.39 Å². The Balaban J connectivity index is 0.000000153. The lowest BCUT2D eigenvalue weighted by Gasteiger charge is -2.22. The van der Waals surface area contributed by atoms with Crippen LogP contribution >= 0.6 is 31.9 Å². The maximum atomic E-state index is 15.0. The molecule has 0 saturated carbocycles. The predicted octanol–water partition coefficient (Wildman–Crippen LogP) is 16.2. The summed E-state index contributed by atoms with van der Waals surface area (Å²) in [6.45, 7) is 1.35. The second-order valence-electron chi connectivity index (χ2n) is 24.5. The Hall–Kier alpha value is -10.4. The first-order chi connectivity index (χ1) is 54.2. The Morgan fingerprint density at radius 3 is 1.45 bits per heavy atom. The zero-order valence-electron chi connectivity index (χ0n) is 59.1. The minimum Gasteiger partial charge on any atom is -0.505 e. The monoisotopic (exact) mass is 1690 g/mol. The first kappa shape index (κ1) is 84.1. The smallest absolute Gasteiger partial charge is 0.178 e. The van der Waals surface area contributed by atoms with Crippen molar-refractivity contribution in [2.24, 2.45) is 0 Å². The topological polar surface area (TPSA) is 288 Å². The number of aliphatic hydroxyl groups is 3. The van der Waals surface area contributed by atoms with Gasteiger partial charge in [-0.25, -0.2) is 58.9 Å². The summed E-state index contributed by atoms with van der Waals surface area (Å²) >= 11 is 6.65. The highest BCUT2D eigenvalue weighted by Gasteiger charge is 2.27. The minimum absolute atomic E-state index is 0.0182. The van der Waals surface area contributed by atoms with Gasteiger partial charge < -0.3 is 73.3 Å². The van der Waals surface area contributed by atoms with Gasteiger partial charge >= 0.3 is 0 Å². The van der Waals surface area contributed by atoms with Crippen molar-refractivity contribution in [3.05, 3.63) is 252 Å². The van der Waals surface area contributed by atoms with Crippen molar-refractivity contribution in [1.29, 1.82) is 0 Å². The number of aromatic nitrogens is 7. The quantitative estimate of drug-likeness (QED) is 0.0159. The van der Waals surface area contributed by atoms with Gasteiger partial charge in [0.25, 0.3) is 0 Å². The van der Waals surface area contributed by atoms with Crippen LogP contribution in [0, 0.1) is 58.2 Å². The molecule has 2 aliphatic heterocycles. The standard InChI is InChI=1S/C21H21BrF2N2O4.C21H17F2N3O2.C16H13BrF2N2O2.C14H16F2O4.C7H4F2O2/c22-12-9-13-14(11-26-21(13)25-10-12)20(27)18-15(23)4-5-16(19(18)24)28-7-8-30-17-3-1-2-6-29-17;22-18-3-4-19(28-7-6-27)20(23)17(18)9-15-12-26-21-16(15)8-14(11-25-21)13-2-1-5-24-10-13;17-10-6-11-9(7-20-16(11)21-8-10)5-12-13(18)1-2-14(15(12)19)23-4-3-22;15-11-4-5-12(14(16)10(11)9-17)18-7-8-20-13-3-1-2-6-19-13;8-5-1-2-6(11)7(9)4(5)3-10/h4-5,9-11,17,20,27H,1-3,6-8H2,(H,25,26);1-5,8,10-12,27H,6-7,9H2,(H,25,26);1-2,6-8,22H,3-5H2,(H,20,21);4-5,9,13H,1-3,6-8H2;1-3,11H. The number of aromatic hydroxyl groups is 1. The number of carbonyl (C=O) groups is 2. The summed E-state index contributed by atoms with van der Waals surface area (Å²) in [6.07, 6.45) is 17.2. The van der Waals surface area contributed by atoms with Crippen LogP contribution in [0.3, 0.4) is 0 Å². The van der Waals surface area contributed by atoms with Gasteiger partial charge in [-0.1, -0.05) is 6.07 Å². The third-order valence-electron chi connectivity index (χ3n) is 17.1. The molecule has 9 heterocycles. The maximum Gasteiger partial charge on any atom is 0.178 e. The Bertz CT molecular complexity index is 5150. The van der Waals surface area contributed by atoms with Gasteiger partial charge in [-0.2, -0.15) is 0 Å². The van der Waals surface area contributed by atoms with Crippen LogP contribution in [0.2, 0.25) is 0 Å². The van der Waals surface area contributed by atoms with Crippen LogP contribution in [0.4, 0.5) is 43.9 Å². The molecule has 21 nitrogen and oxygen atoms in total. The van der Waals surface area contributed by atoms with Gasteiger partial charge in [0.15, 0.2) is 83.0 Å². The zero-order chi connectivity index (χ0) is 79.8. The Morgan fingerprint density at radius 2 is 0.946 bits per heavy atom. The van der Waals surface area contributed by atoms with Crippen LogP contribution in [0.25, 0.3) is 44.2 Å². The number of hydrogen-bond acceptors (Lipinski definition) is 18. The molecule has 12 aromatic rings. The number of aromatic amines is 3. The first-order valence-electron chi connectivity index (χ1n) is 34.6. The fourth-order valence-corrected chi connectivity index (χ4v) is 12.2. The number of halogens is 12. The highest BCUT2D eigenvalue weighted by atomic mass is 79.9. The molecule has 0 amide bonds. The van der Waals surface area contributed by atoms with Crippen molar-refractivity contribution in [2.45, 2.75) is 70.1 Å². The van der Waals surface area contributed by atoms with Crippen LogP contribution in [0.5, 0.6) is 28.7 Å². The molecule has 590 valence electrons. The number of nitrogens with one attached hydrogen (secondary N) is 3. The number of carbonyl (C=O) groups excluding carboxylic acids is 2. The van der Waals surface area contributed by atoms with E-state index in [0.29, 0.717) is 51.1 Å². The SMILES string of the molecule is O=Cc1c(F)ccc(O)c1F.O=Cc1c(F)ccc(OCCOC2CCCCO2)c1F.OC(c1c(F)ccc(OCCOC2CCCCO2)c1F)c1c[nH]c2ncc(Br)cc12.OCCOc1ccc(F)c(Cc2c[nH]c3ncc(-c4cccnc4)cc23)c1F.OCCOc1ccc(F)c(Cc2c[nH]c3ncc(Br)cc23)c1F. The zero-order valence-corrected chi connectivity index (χ0v) is 62.3. The first-order valence-corrected chi connectivity index (χ1v) is 36.2. The van der Waals surface area contributed by atoms with Crippen LogP contribution in [0.15, 0.2) is 150 Å². The molecular weight excluding hydrogens is 1620 g/mol. The van der Waals surface area contributed by atoms with E-state index in [4.69, 9.17) is 53.2 Å². The lowest BCUT2D eigenvalue weighted by Crippen LogP contribution is -2.24. The van der Waals surface area contributed by atoms with Gasteiger partial charge in [0.1, 0.15) is 78.6 Å². The lowest BCUT2D eigenvalue weighted by atomic mass is 10.00. The fraction of sp³-hybridized carbons (Fsp3) is 0.266. The van der Waals surface area contributed by atoms with Crippen molar-refractivity contribution < 1.29 is 112 Å². The molecule has 14 rings (SSSR count). The van der Waals surface area contributed by atoms with Crippen molar-refractivity contribution in [2.75, 3.05) is 66.1 Å². The maximum absolute atomic E-state index is 15.0. The molecule has 7 aromatic heterocycles. The van der Waals surface area contributed by atoms with Crippen molar-refractivity contribution in [3.8, 4) is 39.9 Å². The second kappa shape index (κ2) is 41.2. The highest BCUT2D eigenvalue weighted by Crippen LogP contribution is 2.37. The van der Waals surface area contributed by atoms with Gasteiger partial charge in [-0.15, -0.1) is 0 Å². The molecule has 2 aliphatic rings. The Morgan fingerprint density at radius 1 is 0.491 bits per heavy atom. The normalized spacial score (nSPS) is 14.2. The number of H-pyrrole nitrogens is 3. The number of aldehydes is 2. The number of aliphatic hydroxyl groups excluding tert-OH is 3. The summed E-state index contributed by atoms with van der Waals surface area (Å²) in [5.74, 6) is -9.93. The third-order valence-corrected chi connectivity index (χ3v) is 18.0. The number of phenols is 1. The number of phenolic OH excluding ortho intramolecular Hbond substituents is 1. The minimum atomic E-state index is -1.54. The summed E-state index contributed by atoms with van der Waals surface area (Å²) in [5, 5.41) is 39.2. The number of rotatable bonds is 25. The number of benzene rings is 5. The molecule has 2 fully saturated rings. The Labute approximate surface area is 649 Å². The molecule has 5 aromatic carbocycles. The van der Waals surface area contributed by atoms with E-state index in [9.17, 15) is 54.2 Å². The summed E-state index contributed by atoms with van der Waals surface area (Å²) < 4.78 is 183. The van der Waals surface area contributed by atoms with Gasteiger partial charge in [0.05, 0.1) is 43.1 Å². The molecule has 112 heavy (non-hydrogen) atoms. The van der Waals surface area contributed by atoms with Gasteiger partial charge in [-0.05, 0) is 166 Å². The Kier molecular flexibility index (Phi) is 31.0. The van der Waals surface area contributed by atoms with E-state index < -0.39 is 86.7 Å². The van der Waals surface area contributed by atoms with Crippen LogP contribution in [0.1, 0.15) is 98.7 Å². The van der Waals surface area contributed by atoms with Crippen LogP contribution in [-0.4, -0.2) is 147 Å². The van der Waals surface area contributed by atoms with E-state index in [1.54, 1.807) is 49.4 Å². The van der Waals surface area contributed by atoms with E-state index in [0.717, 1.165) is 107 Å². The van der Waals surface area contributed by atoms with Gasteiger partial charge in [0.2, 0.25) is 0 Å². The summed E-state index contributed by atoms with van der Waals surface area (Å²) in [5.41, 5.74) is 3.28. The molecule has 0 spiro atoms. The second-order valence-corrected chi connectivity index (χ2v) is 26.3. The number of hydrogen-bond donors (Lipinski definition) is 7. The van der Waals surface area contributed by atoms with E-state index in [-0.39, 0.29) is 125 Å². The summed E-state index contributed by atoms with van der Waals surface area (Å²) in [7, 11) is 0. The average Bonchev–Trinajstić information content (AvgIpc) is 1.53. The van der Waals surface area contributed by atoms with E-state index in [2.05, 4.69) is 66.7 Å². The molecule has 0 radical (unpaired) electrons. The van der Waals surface area contributed by atoms with E-state index in [1.165, 1.54) is 30.5 Å². The van der Waals surface area contributed by atoms with Crippen molar-refractivity contribution in [1.82, 2.24) is 34.9 Å². The number of fused-ring (bicyclic) bond motifs is 3. The molecule has 3 unspecified atom stereocenters. The molecular formula is C79H71Br2F10N7O14. The number of pyridine rings is 4. The van der Waals surface area contributed by atoms with Crippen molar-refractivity contribution in [3.63, 3.8) is 0 Å². The van der Waals surface area contributed by atoms with Gasteiger partial charge in [-0.3, -0.25) is 14.6 Å². The largest absolute Gasteiger partial charge is 0.505 e. The molecule has 2 saturated heterocycles. The molecule has 0 bridgehead atoms. The molecule has 0 aliphatic carbocycles. The number of nitrogens with zero attached hydrogens (tertiary/aromatic N) is 4. The van der Waals surface area contributed by atoms with Gasteiger partial charge in [0, 0.05) is 129 Å². The van der Waals surface area contributed by atoms with Crippen LogP contribution < -0.4 is 18.9 Å². The lowest BCUT2D eigenvalue weighted by molar-refractivity contribution is -0.165. The van der Waals surface area contributed by atoms with Crippen molar-refractivity contribution >= 4 is 77.5 Å². The summed E-state index contributed by atoms with van der Waals surface area (Å²) in [6, 6.07) is 20.1. The predicted molar refractivity (Wildman–Crippen MR) is 396 cm³/mol. The fourth-order valence-electron chi connectivity index (χ4n) is 11.5. The molecule has 7 N–H and O–H groups in total.